The van der Waals surface area contributed by atoms with E-state index in [0.717, 1.165) is 43.6 Å². The van der Waals surface area contributed by atoms with Crippen LogP contribution in [0.25, 0.3) is 0 Å². The van der Waals surface area contributed by atoms with Crippen LogP contribution < -0.4 is 9.80 Å². The molecule has 0 spiro atoms. The van der Waals surface area contributed by atoms with Crippen LogP contribution in [0.5, 0.6) is 0 Å². The minimum absolute atomic E-state index is 0.120. The molecule has 0 unspecified atom stereocenters. The fourth-order valence-corrected chi connectivity index (χ4v) is 3.94. The van der Waals surface area contributed by atoms with E-state index in [1.54, 1.807) is 24.0 Å². The Labute approximate surface area is 177 Å². The number of hydrogen-bond acceptors (Lipinski definition) is 6. The molecular formula is C22H29FN6O. The van der Waals surface area contributed by atoms with E-state index in [1.165, 1.54) is 6.07 Å². The summed E-state index contributed by atoms with van der Waals surface area (Å²) in [6, 6.07) is 6.75. The van der Waals surface area contributed by atoms with Crippen LogP contribution in [-0.2, 0) is 0 Å². The van der Waals surface area contributed by atoms with Crippen LogP contribution in [0.1, 0.15) is 21.7 Å². The zero-order chi connectivity index (χ0) is 21.3. The van der Waals surface area contributed by atoms with Crippen LogP contribution in [0.2, 0.25) is 0 Å². The lowest BCUT2D eigenvalue weighted by Crippen LogP contribution is -2.49. The summed E-state index contributed by atoms with van der Waals surface area (Å²) in [7, 11) is 2.14. The van der Waals surface area contributed by atoms with Crippen molar-refractivity contribution >= 4 is 17.5 Å². The predicted octanol–water partition coefficient (Wildman–Crippen LogP) is 1.95. The van der Waals surface area contributed by atoms with E-state index < -0.39 is 0 Å². The summed E-state index contributed by atoms with van der Waals surface area (Å²) in [4.78, 5) is 30.7. The molecule has 30 heavy (non-hydrogen) atoms. The number of likely N-dealkylation sites (N-methyl/N-ethyl adjacent to an activating group) is 1. The first-order valence-electron chi connectivity index (χ1n) is 10.5. The summed E-state index contributed by atoms with van der Waals surface area (Å²) < 4.78 is 13.8. The molecule has 1 aromatic heterocycles. The van der Waals surface area contributed by atoms with Gasteiger partial charge in [0, 0.05) is 64.0 Å². The minimum atomic E-state index is -0.340. The molecule has 1 amide bonds. The summed E-state index contributed by atoms with van der Waals surface area (Å²) >= 11 is 0. The van der Waals surface area contributed by atoms with Gasteiger partial charge in [0.05, 0.1) is 0 Å². The van der Waals surface area contributed by atoms with Crippen molar-refractivity contribution in [2.45, 2.75) is 13.8 Å². The van der Waals surface area contributed by atoms with E-state index in [1.807, 2.05) is 6.92 Å². The Morgan fingerprint density at radius 2 is 1.43 bits per heavy atom. The lowest BCUT2D eigenvalue weighted by atomic mass is 10.1. The van der Waals surface area contributed by atoms with Crippen molar-refractivity contribution in [2.75, 3.05) is 69.2 Å². The molecule has 2 saturated heterocycles. The lowest BCUT2D eigenvalue weighted by molar-refractivity contribution is 0.0746. The average Bonchev–Trinajstić information content (AvgIpc) is 2.75. The summed E-state index contributed by atoms with van der Waals surface area (Å²) in [6.45, 7) is 10.2. The highest BCUT2D eigenvalue weighted by molar-refractivity contribution is 5.94. The maximum atomic E-state index is 13.8. The van der Waals surface area contributed by atoms with Crippen LogP contribution >= 0.6 is 0 Å². The van der Waals surface area contributed by atoms with Crippen LogP contribution in [0.3, 0.4) is 0 Å². The molecule has 160 valence electrons. The highest BCUT2D eigenvalue weighted by Gasteiger charge is 2.25. The third-order valence-corrected chi connectivity index (χ3v) is 5.95. The molecule has 0 saturated carbocycles. The Balaban J connectivity index is 1.42. The molecule has 2 fully saturated rings. The average molecular weight is 413 g/mol. The van der Waals surface area contributed by atoms with E-state index in [9.17, 15) is 9.18 Å². The summed E-state index contributed by atoms with van der Waals surface area (Å²) in [5, 5.41) is 0. The highest BCUT2D eigenvalue weighted by atomic mass is 19.1. The molecule has 4 rings (SSSR count). The van der Waals surface area contributed by atoms with Gasteiger partial charge < -0.3 is 19.6 Å². The maximum absolute atomic E-state index is 13.8. The number of anilines is 2. The molecule has 3 heterocycles. The van der Waals surface area contributed by atoms with Gasteiger partial charge in [-0.1, -0.05) is 6.07 Å². The summed E-state index contributed by atoms with van der Waals surface area (Å²) in [6.07, 6.45) is 0. The first-order valence-corrected chi connectivity index (χ1v) is 10.5. The predicted molar refractivity (Wildman–Crippen MR) is 116 cm³/mol. The third kappa shape index (κ3) is 4.38. The third-order valence-electron chi connectivity index (χ3n) is 5.95. The molecule has 0 atom stereocenters. The van der Waals surface area contributed by atoms with Crippen molar-refractivity contribution in [3.8, 4) is 0 Å². The second-order valence-electron chi connectivity index (χ2n) is 8.17. The SMILES string of the molecule is Cc1nc(N2CCN(C)CC2)cc(N2CCN(C(=O)c3ccc(C)c(F)c3)CC2)n1. The Hall–Kier alpha value is -2.74. The molecule has 8 heteroatoms. The lowest BCUT2D eigenvalue weighted by Gasteiger charge is -2.37. The van der Waals surface area contributed by atoms with Gasteiger partial charge in [-0.2, -0.15) is 0 Å². The fourth-order valence-electron chi connectivity index (χ4n) is 3.94. The van der Waals surface area contributed by atoms with Crippen molar-refractivity contribution in [3.05, 3.63) is 47.0 Å². The van der Waals surface area contributed by atoms with Crippen molar-refractivity contribution in [3.63, 3.8) is 0 Å². The van der Waals surface area contributed by atoms with Crippen LogP contribution in [0.15, 0.2) is 24.3 Å². The molecule has 1 aromatic carbocycles. The molecule has 0 aliphatic carbocycles. The van der Waals surface area contributed by atoms with Crippen LogP contribution in [-0.4, -0.2) is 85.1 Å². The summed E-state index contributed by atoms with van der Waals surface area (Å²) in [5.74, 6) is 2.18. The van der Waals surface area contributed by atoms with Crippen molar-refractivity contribution in [1.82, 2.24) is 19.8 Å². The van der Waals surface area contributed by atoms with Crippen molar-refractivity contribution in [2.24, 2.45) is 0 Å². The number of hydrogen-bond donors (Lipinski definition) is 0. The quantitative estimate of drug-likeness (QED) is 0.768. The fraction of sp³-hybridized carbons (Fsp3) is 0.500. The first-order chi connectivity index (χ1) is 14.4. The monoisotopic (exact) mass is 412 g/mol. The van der Waals surface area contributed by atoms with Gasteiger partial charge in [0.15, 0.2) is 0 Å². The minimum Gasteiger partial charge on any atom is -0.354 e. The van der Waals surface area contributed by atoms with E-state index in [2.05, 4.69) is 37.8 Å². The number of carbonyl (C=O) groups excluding carboxylic acids is 1. The smallest absolute Gasteiger partial charge is 0.254 e. The number of aromatic nitrogens is 2. The van der Waals surface area contributed by atoms with E-state index in [0.29, 0.717) is 37.3 Å². The number of rotatable bonds is 3. The topological polar surface area (TPSA) is 55.8 Å². The van der Waals surface area contributed by atoms with Gasteiger partial charge in [-0.15, -0.1) is 0 Å². The standard InChI is InChI=1S/C22H29FN6O/c1-16-4-5-18(14-19(16)23)22(30)29-12-10-28(11-13-29)21-15-20(24-17(2)25-21)27-8-6-26(3)7-9-27/h4-5,14-15H,6-13H2,1-3H3. The van der Waals surface area contributed by atoms with Crippen molar-refractivity contribution < 1.29 is 9.18 Å². The zero-order valence-corrected chi connectivity index (χ0v) is 17.9. The van der Waals surface area contributed by atoms with Gasteiger partial charge in [0.25, 0.3) is 5.91 Å². The second-order valence-corrected chi connectivity index (χ2v) is 8.17. The Morgan fingerprint density at radius 3 is 2.00 bits per heavy atom. The van der Waals surface area contributed by atoms with Gasteiger partial charge in [-0.3, -0.25) is 4.79 Å². The Bertz CT molecular complexity index is 920. The highest BCUT2D eigenvalue weighted by Crippen LogP contribution is 2.22. The number of aryl methyl sites for hydroxylation is 2. The van der Waals surface area contributed by atoms with Gasteiger partial charge in [-0.25, -0.2) is 14.4 Å². The van der Waals surface area contributed by atoms with Gasteiger partial charge in [0.1, 0.15) is 23.3 Å². The number of benzene rings is 1. The molecule has 0 N–H and O–H groups in total. The first kappa shape index (κ1) is 20.5. The number of piperazine rings is 2. The largest absolute Gasteiger partial charge is 0.354 e. The van der Waals surface area contributed by atoms with E-state index >= 15 is 0 Å². The maximum Gasteiger partial charge on any atom is 0.254 e. The molecule has 7 nitrogen and oxygen atoms in total. The van der Waals surface area contributed by atoms with Gasteiger partial charge in [-0.05, 0) is 38.6 Å². The normalized spacial score (nSPS) is 18.1. The van der Waals surface area contributed by atoms with Crippen LogP contribution in [0.4, 0.5) is 16.0 Å². The molecule has 2 aliphatic rings. The Morgan fingerprint density at radius 1 is 0.867 bits per heavy atom. The van der Waals surface area contributed by atoms with Crippen LogP contribution in [0, 0.1) is 19.7 Å². The van der Waals surface area contributed by atoms with Gasteiger partial charge >= 0.3 is 0 Å². The van der Waals surface area contributed by atoms with E-state index in [-0.39, 0.29) is 11.7 Å². The number of nitrogens with zero attached hydrogens (tertiary/aromatic N) is 6. The molecule has 2 aromatic rings. The van der Waals surface area contributed by atoms with E-state index in [4.69, 9.17) is 0 Å². The number of halogens is 1. The number of carbonyl (C=O) groups is 1. The zero-order valence-electron chi connectivity index (χ0n) is 17.9. The molecular weight excluding hydrogens is 383 g/mol. The Kier molecular flexibility index (Phi) is 5.85. The van der Waals surface area contributed by atoms with Gasteiger partial charge in [0.2, 0.25) is 0 Å². The molecule has 2 aliphatic heterocycles. The number of amides is 1. The molecule has 0 bridgehead atoms. The summed E-state index contributed by atoms with van der Waals surface area (Å²) in [5.41, 5.74) is 0.952. The molecule has 0 radical (unpaired) electrons. The second kappa shape index (κ2) is 8.55. The van der Waals surface area contributed by atoms with Crippen molar-refractivity contribution in [1.29, 1.82) is 0 Å².